The summed E-state index contributed by atoms with van der Waals surface area (Å²) < 4.78 is 13.7. The van der Waals surface area contributed by atoms with E-state index in [9.17, 15) is 0 Å². The van der Waals surface area contributed by atoms with Gasteiger partial charge in [0, 0.05) is 32.6 Å². The number of anilines is 3. The molecular weight excluding hydrogens is 599 g/mol. The normalized spacial score (nSPS) is 11.7. The smallest absolute Gasteiger partial charge is 0.160 e. The second-order valence-corrected chi connectivity index (χ2v) is 12.5. The summed E-state index contributed by atoms with van der Waals surface area (Å²) in [7, 11) is 0. The van der Waals surface area contributed by atoms with Crippen LogP contribution in [-0.4, -0.2) is 0 Å². The van der Waals surface area contributed by atoms with Crippen molar-refractivity contribution in [2.75, 3.05) is 4.90 Å². The molecular formula is C46H29NO2. The lowest BCUT2D eigenvalue weighted by atomic mass is 9.97. The van der Waals surface area contributed by atoms with Crippen LogP contribution in [0.4, 0.5) is 17.1 Å². The van der Waals surface area contributed by atoms with Crippen molar-refractivity contribution in [3.05, 3.63) is 176 Å². The van der Waals surface area contributed by atoms with Crippen molar-refractivity contribution in [3.8, 4) is 22.3 Å². The van der Waals surface area contributed by atoms with Gasteiger partial charge in [-0.05, 0) is 64.0 Å². The van der Waals surface area contributed by atoms with Crippen molar-refractivity contribution in [1.29, 1.82) is 0 Å². The highest BCUT2D eigenvalue weighted by Crippen LogP contribution is 2.49. The minimum Gasteiger partial charge on any atom is -0.454 e. The minimum absolute atomic E-state index is 0.827. The van der Waals surface area contributed by atoms with Crippen molar-refractivity contribution in [2.24, 2.45) is 0 Å². The first kappa shape index (κ1) is 27.5. The number of hydrogen-bond acceptors (Lipinski definition) is 3. The van der Waals surface area contributed by atoms with Crippen LogP contribution in [0.3, 0.4) is 0 Å². The predicted molar refractivity (Wildman–Crippen MR) is 204 cm³/mol. The Kier molecular flexibility index (Phi) is 6.18. The molecule has 49 heavy (non-hydrogen) atoms. The van der Waals surface area contributed by atoms with Crippen LogP contribution in [0.15, 0.2) is 185 Å². The van der Waals surface area contributed by atoms with Crippen LogP contribution in [-0.2, 0) is 0 Å². The molecule has 0 fully saturated rings. The van der Waals surface area contributed by atoms with Crippen molar-refractivity contribution < 1.29 is 8.83 Å². The molecule has 3 nitrogen and oxygen atoms in total. The number of rotatable bonds is 5. The molecule has 3 heteroatoms. The van der Waals surface area contributed by atoms with E-state index >= 15 is 0 Å². The SMILES string of the molecule is c1ccc(-c2ccc(N(c3cccc4c3oc3ccccc34)c3ccc(-c4ccccc4)c4c3oc3c5ccccc5ccc34)cc2)cc1. The van der Waals surface area contributed by atoms with Crippen LogP contribution in [0.2, 0.25) is 0 Å². The lowest BCUT2D eigenvalue weighted by Crippen LogP contribution is -2.10. The standard InChI is InChI=1S/C46H29NO2/c1-3-12-30(13-4-1)31-22-25-34(26-23-31)47(40-20-11-19-38-37-18-9-10-21-42(37)48-45(38)40)41-29-28-35(32-14-5-2-6-15-32)43-39-27-24-33-16-7-8-17-36(33)44(39)49-46(41)43/h1-29H. The molecule has 0 unspecified atom stereocenters. The molecule has 2 aromatic heterocycles. The second kappa shape index (κ2) is 11.0. The molecule has 0 radical (unpaired) electrons. The van der Waals surface area contributed by atoms with Gasteiger partial charge in [0.05, 0.1) is 11.4 Å². The maximum absolute atomic E-state index is 7.07. The van der Waals surface area contributed by atoms with Crippen LogP contribution < -0.4 is 4.90 Å². The van der Waals surface area contributed by atoms with Gasteiger partial charge in [-0.15, -0.1) is 0 Å². The summed E-state index contributed by atoms with van der Waals surface area (Å²) in [6.07, 6.45) is 0. The van der Waals surface area contributed by atoms with E-state index < -0.39 is 0 Å². The summed E-state index contributed by atoms with van der Waals surface area (Å²) in [6, 6.07) is 61.8. The molecule has 0 N–H and O–H groups in total. The van der Waals surface area contributed by atoms with Crippen molar-refractivity contribution >= 4 is 71.7 Å². The average Bonchev–Trinajstić information content (AvgIpc) is 3.76. The Labute approximate surface area is 282 Å². The Hall–Kier alpha value is -6.58. The first-order chi connectivity index (χ1) is 24.3. The van der Waals surface area contributed by atoms with Gasteiger partial charge < -0.3 is 13.7 Å². The third-order valence-corrected chi connectivity index (χ3v) is 9.67. The van der Waals surface area contributed by atoms with Crippen LogP contribution >= 0.6 is 0 Å². The van der Waals surface area contributed by atoms with Crippen LogP contribution in [0.25, 0.3) is 76.9 Å². The Balaban J connectivity index is 1.30. The molecule has 0 spiro atoms. The number of fused-ring (bicyclic) bond motifs is 8. The zero-order chi connectivity index (χ0) is 32.3. The molecule has 8 aromatic carbocycles. The summed E-state index contributed by atoms with van der Waals surface area (Å²) >= 11 is 0. The maximum Gasteiger partial charge on any atom is 0.160 e. The van der Waals surface area contributed by atoms with Crippen LogP contribution in [0.1, 0.15) is 0 Å². The number of para-hydroxylation sites is 2. The summed E-state index contributed by atoms with van der Waals surface area (Å²) in [6.45, 7) is 0. The van der Waals surface area contributed by atoms with Crippen molar-refractivity contribution in [1.82, 2.24) is 0 Å². The third kappa shape index (κ3) is 4.37. The van der Waals surface area contributed by atoms with E-state index in [0.29, 0.717) is 0 Å². The van der Waals surface area contributed by atoms with Crippen molar-refractivity contribution in [3.63, 3.8) is 0 Å². The Morgan fingerprint density at radius 1 is 0.347 bits per heavy atom. The number of hydrogen-bond donors (Lipinski definition) is 0. The number of nitrogens with zero attached hydrogens (tertiary/aromatic N) is 1. The van der Waals surface area contributed by atoms with Crippen LogP contribution in [0, 0.1) is 0 Å². The van der Waals surface area contributed by atoms with E-state index in [1.165, 1.54) is 5.56 Å². The van der Waals surface area contributed by atoms with Gasteiger partial charge >= 0.3 is 0 Å². The summed E-state index contributed by atoms with van der Waals surface area (Å²) in [5.41, 5.74) is 10.9. The maximum atomic E-state index is 7.07. The Morgan fingerprint density at radius 2 is 1.00 bits per heavy atom. The number of furan rings is 2. The van der Waals surface area contributed by atoms with Gasteiger partial charge in [-0.2, -0.15) is 0 Å². The van der Waals surface area contributed by atoms with E-state index in [1.807, 2.05) is 12.1 Å². The van der Waals surface area contributed by atoms with E-state index in [0.717, 1.165) is 88.4 Å². The predicted octanol–water partition coefficient (Wildman–Crippen LogP) is 13.4. The van der Waals surface area contributed by atoms with Gasteiger partial charge in [-0.3, -0.25) is 0 Å². The van der Waals surface area contributed by atoms with Gasteiger partial charge in [0.25, 0.3) is 0 Å². The Bertz CT molecular complexity index is 2810. The largest absolute Gasteiger partial charge is 0.454 e. The highest BCUT2D eigenvalue weighted by molar-refractivity contribution is 6.22. The fourth-order valence-electron chi connectivity index (χ4n) is 7.38. The van der Waals surface area contributed by atoms with Crippen molar-refractivity contribution in [2.45, 2.75) is 0 Å². The van der Waals surface area contributed by atoms with Gasteiger partial charge in [-0.25, -0.2) is 0 Å². The zero-order valence-electron chi connectivity index (χ0n) is 26.5. The fraction of sp³-hybridized carbons (Fsp3) is 0. The number of benzene rings is 8. The van der Waals surface area contributed by atoms with E-state index in [1.54, 1.807) is 0 Å². The molecule has 0 aliphatic heterocycles. The summed E-state index contributed by atoms with van der Waals surface area (Å²) in [4.78, 5) is 2.29. The van der Waals surface area contributed by atoms with Crippen LogP contribution in [0.5, 0.6) is 0 Å². The summed E-state index contributed by atoms with van der Waals surface area (Å²) in [5.74, 6) is 0. The highest BCUT2D eigenvalue weighted by Gasteiger charge is 2.25. The Morgan fingerprint density at radius 3 is 1.82 bits per heavy atom. The summed E-state index contributed by atoms with van der Waals surface area (Å²) in [5, 5.41) is 6.60. The first-order valence-corrected chi connectivity index (χ1v) is 16.6. The molecule has 0 aliphatic carbocycles. The molecule has 0 saturated heterocycles. The molecule has 0 amide bonds. The van der Waals surface area contributed by atoms with Gasteiger partial charge in [0.1, 0.15) is 11.2 Å². The molecule has 230 valence electrons. The molecule has 10 rings (SSSR count). The second-order valence-electron chi connectivity index (χ2n) is 12.5. The fourth-order valence-corrected chi connectivity index (χ4v) is 7.38. The molecule has 0 bridgehead atoms. The molecule has 0 saturated carbocycles. The quantitative estimate of drug-likeness (QED) is 0.190. The first-order valence-electron chi connectivity index (χ1n) is 16.6. The topological polar surface area (TPSA) is 29.5 Å². The molecule has 10 aromatic rings. The third-order valence-electron chi connectivity index (χ3n) is 9.67. The average molecular weight is 628 g/mol. The van der Waals surface area contributed by atoms with Gasteiger partial charge in [0.2, 0.25) is 0 Å². The molecule has 0 aliphatic rings. The highest BCUT2D eigenvalue weighted by atomic mass is 16.3. The zero-order valence-corrected chi connectivity index (χ0v) is 26.5. The van der Waals surface area contributed by atoms with E-state index in [2.05, 4.69) is 169 Å². The van der Waals surface area contributed by atoms with E-state index in [4.69, 9.17) is 8.83 Å². The molecule has 0 atom stereocenters. The van der Waals surface area contributed by atoms with Gasteiger partial charge in [0.15, 0.2) is 11.2 Å². The lowest BCUT2D eigenvalue weighted by Gasteiger charge is -2.26. The van der Waals surface area contributed by atoms with E-state index in [-0.39, 0.29) is 0 Å². The minimum atomic E-state index is 0.827. The lowest BCUT2D eigenvalue weighted by molar-refractivity contribution is 0.667. The monoisotopic (exact) mass is 627 g/mol. The van der Waals surface area contributed by atoms with Gasteiger partial charge in [-0.1, -0.05) is 140 Å². The molecule has 2 heterocycles.